The largest absolute Gasteiger partial charge is 0.454 e. The third-order valence-electron chi connectivity index (χ3n) is 3.05. The van der Waals surface area contributed by atoms with Crippen LogP contribution in [0.4, 0.5) is 13.2 Å². The van der Waals surface area contributed by atoms with Crippen molar-refractivity contribution in [2.45, 2.75) is 30.1 Å². The first-order chi connectivity index (χ1) is 12.7. The van der Waals surface area contributed by atoms with E-state index in [1.54, 1.807) is 0 Å². The molecule has 2 unspecified atom stereocenters. The standard InChI is InChI=1S/C14H15Cl2F3N2O6S/c1-7(22)12(13(24)27-5-11(23)20-6-14(17,18)19)21-28(25,26)8-2-3-9(15)10(16)4-8/h2-4,7,12,21-22H,5-6H2,1H3,(H,20,23). The minimum atomic E-state index is -4.66. The summed E-state index contributed by atoms with van der Waals surface area (Å²) in [6.07, 6.45) is -6.25. The van der Waals surface area contributed by atoms with Gasteiger partial charge < -0.3 is 15.2 Å². The summed E-state index contributed by atoms with van der Waals surface area (Å²) in [5.74, 6) is -2.64. The summed E-state index contributed by atoms with van der Waals surface area (Å²) >= 11 is 11.4. The maximum Gasteiger partial charge on any atom is 0.405 e. The zero-order chi connectivity index (χ0) is 21.7. The van der Waals surface area contributed by atoms with Gasteiger partial charge >= 0.3 is 12.1 Å². The van der Waals surface area contributed by atoms with Crippen molar-refractivity contribution in [2.24, 2.45) is 0 Å². The molecule has 0 aliphatic heterocycles. The number of nitrogens with one attached hydrogen (secondary N) is 2. The number of hydrogen-bond donors (Lipinski definition) is 3. The van der Waals surface area contributed by atoms with Crippen LogP contribution in [-0.4, -0.2) is 56.9 Å². The van der Waals surface area contributed by atoms with Crippen molar-refractivity contribution in [2.75, 3.05) is 13.2 Å². The Balaban J connectivity index is 2.80. The fourth-order valence-corrected chi connectivity index (χ4v) is 3.35. The Labute approximate surface area is 168 Å². The fraction of sp³-hybridized carbons (Fsp3) is 0.429. The van der Waals surface area contributed by atoms with Crippen LogP contribution in [0.2, 0.25) is 10.0 Å². The van der Waals surface area contributed by atoms with Crippen LogP contribution in [0.3, 0.4) is 0 Å². The van der Waals surface area contributed by atoms with E-state index in [2.05, 4.69) is 4.74 Å². The number of esters is 1. The van der Waals surface area contributed by atoms with Gasteiger partial charge in [0.1, 0.15) is 12.6 Å². The van der Waals surface area contributed by atoms with E-state index in [1.165, 1.54) is 11.4 Å². The number of carbonyl (C=O) groups excluding carboxylic acids is 2. The highest BCUT2D eigenvalue weighted by Gasteiger charge is 2.32. The van der Waals surface area contributed by atoms with Crippen LogP contribution >= 0.6 is 23.2 Å². The second kappa shape index (κ2) is 9.74. The highest BCUT2D eigenvalue weighted by atomic mass is 35.5. The van der Waals surface area contributed by atoms with Crippen LogP contribution in [-0.2, 0) is 24.3 Å². The van der Waals surface area contributed by atoms with Gasteiger partial charge in [-0.05, 0) is 25.1 Å². The van der Waals surface area contributed by atoms with E-state index in [9.17, 15) is 36.3 Å². The number of alkyl halides is 3. The van der Waals surface area contributed by atoms with E-state index < -0.39 is 53.4 Å². The van der Waals surface area contributed by atoms with Crippen molar-refractivity contribution in [3.05, 3.63) is 28.2 Å². The molecule has 0 aliphatic carbocycles. The van der Waals surface area contributed by atoms with Gasteiger partial charge in [0.25, 0.3) is 5.91 Å². The molecule has 0 bridgehead atoms. The van der Waals surface area contributed by atoms with E-state index in [-0.39, 0.29) is 14.9 Å². The third-order valence-corrected chi connectivity index (χ3v) is 5.23. The van der Waals surface area contributed by atoms with Gasteiger partial charge in [-0.15, -0.1) is 0 Å². The molecule has 2 atom stereocenters. The first-order valence-electron chi connectivity index (χ1n) is 7.38. The van der Waals surface area contributed by atoms with Gasteiger partial charge in [0.05, 0.1) is 21.0 Å². The monoisotopic (exact) mass is 466 g/mol. The third kappa shape index (κ3) is 7.80. The zero-order valence-electron chi connectivity index (χ0n) is 14.1. The normalized spacial score (nSPS) is 14.2. The Hall–Kier alpha value is -1.60. The van der Waals surface area contributed by atoms with Crippen LogP contribution in [0.1, 0.15) is 6.92 Å². The second-order valence-corrected chi connectivity index (χ2v) is 7.94. The highest BCUT2D eigenvalue weighted by molar-refractivity contribution is 7.89. The lowest BCUT2D eigenvalue weighted by atomic mass is 10.2. The second-order valence-electron chi connectivity index (χ2n) is 5.42. The molecular weight excluding hydrogens is 452 g/mol. The van der Waals surface area contributed by atoms with E-state index in [0.29, 0.717) is 0 Å². The van der Waals surface area contributed by atoms with Crippen molar-refractivity contribution in [1.82, 2.24) is 10.0 Å². The summed E-state index contributed by atoms with van der Waals surface area (Å²) in [5.41, 5.74) is 0. The number of carbonyl (C=O) groups is 2. The van der Waals surface area contributed by atoms with Crippen LogP contribution in [0.5, 0.6) is 0 Å². The number of rotatable bonds is 8. The first-order valence-corrected chi connectivity index (χ1v) is 9.62. The summed E-state index contributed by atoms with van der Waals surface area (Å²) in [6.45, 7) is -1.67. The molecule has 0 aliphatic rings. The van der Waals surface area contributed by atoms with Gasteiger partial charge in [0.15, 0.2) is 6.61 Å². The molecule has 0 saturated heterocycles. The van der Waals surface area contributed by atoms with Gasteiger partial charge in [-0.2, -0.15) is 17.9 Å². The molecule has 1 amide bonds. The highest BCUT2D eigenvalue weighted by Crippen LogP contribution is 2.25. The summed E-state index contributed by atoms with van der Waals surface area (Å²) in [4.78, 5) is 22.8. The van der Waals surface area contributed by atoms with E-state index in [1.807, 2.05) is 4.72 Å². The molecular formula is C14H15Cl2F3N2O6S. The molecule has 0 aromatic heterocycles. The van der Waals surface area contributed by atoms with Gasteiger partial charge in [-0.1, -0.05) is 23.2 Å². The van der Waals surface area contributed by atoms with Crippen molar-refractivity contribution >= 4 is 45.1 Å². The maximum atomic E-state index is 12.3. The topological polar surface area (TPSA) is 122 Å². The molecule has 0 saturated carbocycles. The molecule has 0 fully saturated rings. The van der Waals surface area contributed by atoms with Crippen LogP contribution in [0, 0.1) is 0 Å². The predicted octanol–water partition coefficient (Wildman–Crippen LogP) is 1.24. The molecule has 1 aromatic rings. The molecule has 1 aromatic carbocycles. The van der Waals surface area contributed by atoms with Crippen LogP contribution < -0.4 is 10.0 Å². The summed E-state index contributed by atoms with van der Waals surface area (Å²) in [5, 5.41) is 11.1. The lowest BCUT2D eigenvalue weighted by molar-refractivity contribution is -0.154. The SMILES string of the molecule is CC(O)C(NS(=O)(=O)c1ccc(Cl)c(Cl)c1)C(=O)OCC(=O)NCC(F)(F)F. The predicted molar refractivity (Wildman–Crippen MR) is 92.3 cm³/mol. The smallest absolute Gasteiger partial charge is 0.405 e. The Morgan fingerprint density at radius 2 is 1.86 bits per heavy atom. The molecule has 0 spiro atoms. The molecule has 3 N–H and O–H groups in total. The lowest BCUT2D eigenvalue weighted by Gasteiger charge is -2.20. The molecule has 0 heterocycles. The van der Waals surface area contributed by atoms with Gasteiger partial charge in [0.2, 0.25) is 10.0 Å². The number of sulfonamides is 1. The van der Waals surface area contributed by atoms with Crippen molar-refractivity contribution in [1.29, 1.82) is 0 Å². The van der Waals surface area contributed by atoms with Crippen molar-refractivity contribution < 1.29 is 41.0 Å². The molecule has 14 heteroatoms. The number of benzene rings is 1. The molecule has 0 radical (unpaired) electrons. The summed E-state index contributed by atoms with van der Waals surface area (Å²) in [7, 11) is -4.36. The Morgan fingerprint density at radius 3 is 2.36 bits per heavy atom. The van der Waals surface area contributed by atoms with E-state index in [0.717, 1.165) is 19.1 Å². The van der Waals surface area contributed by atoms with Crippen molar-refractivity contribution in [3.8, 4) is 0 Å². The van der Waals surface area contributed by atoms with Crippen LogP contribution in [0.15, 0.2) is 23.1 Å². The number of amides is 1. The Kier molecular flexibility index (Phi) is 8.50. The molecule has 8 nitrogen and oxygen atoms in total. The summed E-state index contributed by atoms with van der Waals surface area (Å²) < 4.78 is 67.0. The average Bonchev–Trinajstić information content (AvgIpc) is 2.57. The fourth-order valence-electron chi connectivity index (χ4n) is 1.70. The van der Waals surface area contributed by atoms with Gasteiger partial charge in [-0.3, -0.25) is 9.59 Å². The van der Waals surface area contributed by atoms with Gasteiger partial charge in [0, 0.05) is 0 Å². The van der Waals surface area contributed by atoms with Crippen LogP contribution in [0.25, 0.3) is 0 Å². The number of aliphatic hydroxyl groups is 1. The molecule has 1 rings (SSSR count). The Bertz CT molecular complexity index is 833. The summed E-state index contributed by atoms with van der Waals surface area (Å²) in [6, 6.07) is 1.45. The maximum absolute atomic E-state index is 12.3. The van der Waals surface area contributed by atoms with E-state index >= 15 is 0 Å². The first kappa shape index (κ1) is 24.4. The van der Waals surface area contributed by atoms with Crippen molar-refractivity contribution in [3.63, 3.8) is 0 Å². The number of ether oxygens (including phenoxy) is 1. The minimum absolute atomic E-state index is 0.0805. The number of aliphatic hydroxyl groups excluding tert-OH is 1. The average molecular weight is 467 g/mol. The number of hydrogen-bond acceptors (Lipinski definition) is 6. The zero-order valence-corrected chi connectivity index (χ0v) is 16.4. The molecule has 158 valence electrons. The Morgan fingerprint density at radius 1 is 1.25 bits per heavy atom. The van der Waals surface area contributed by atoms with E-state index in [4.69, 9.17) is 23.2 Å². The number of halogens is 5. The minimum Gasteiger partial charge on any atom is -0.454 e. The molecule has 28 heavy (non-hydrogen) atoms. The quantitative estimate of drug-likeness (QED) is 0.495. The van der Waals surface area contributed by atoms with Gasteiger partial charge in [-0.25, -0.2) is 8.42 Å². The lowest BCUT2D eigenvalue weighted by Crippen LogP contribution is -2.49.